The van der Waals surface area contributed by atoms with Crippen LogP contribution in [0.3, 0.4) is 0 Å². The Kier molecular flexibility index (Phi) is 5.08. The van der Waals surface area contributed by atoms with E-state index in [1.54, 1.807) is 30.3 Å². The molecule has 3 N–H and O–H groups in total. The minimum Gasteiger partial charge on any atom is -0.467 e. The first kappa shape index (κ1) is 17.1. The van der Waals surface area contributed by atoms with E-state index >= 15 is 0 Å². The highest BCUT2D eigenvalue weighted by Gasteiger charge is 2.23. The summed E-state index contributed by atoms with van der Waals surface area (Å²) in [6.45, 7) is 1.95. The first-order chi connectivity index (χ1) is 12.0. The number of amides is 3. The van der Waals surface area contributed by atoms with Crippen LogP contribution in [-0.4, -0.2) is 29.5 Å². The zero-order chi connectivity index (χ0) is 17.8. The molecule has 0 aliphatic carbocycles. The van der Waals surface area contributed by atoms with Crippen LogP contribution in [-0.2, 0) is 16.1 Å². The predicted octanol–water partition coefficient (Wildman–Crippen LogP) is 1.76. The Morgan fingerprint density at radius 2 is 2.12 bits per heavy atom. The summed E-state index contributed by atoms with van der Waals surface area (Å²) >= 11 is 1.45. The first-order valence-corrected chi connectivity index (χ1v) is 8.60. The topological polar surface area (TPSA) is 100 Å². The normalized spacial score (nSPS) is 15.9. The molecule has 0 bridgehead atoms. The highest BCUT2D eigenvalue weighted by molar-refractivity contribution is 8.00. The van der Waals surface area contributed by atoms with Gasteiger partial charge in [0.15, 0.2) is 0 Å². The van der Waals surface area contributed by atoms with Crippen molar-refractivity contribution in [1.82, 2.24) is 10.6 Å². The summed E-state index contributed by atoms with van der Waals surface area (Å²) in [4.78, 5) is 36.6. The SMILES string of the molecule is CC1Sc2ccc(C(=O)NCC(=O)NCc3ccco3)cc2NC1=O. The van der Waals surface area contributed by atoms with Crippen molar-refractivity contribution in [2.75, 3.05) is 11.9 Å². The molecule has 2 heterocycles. The van der Waals surface area contributed by atoms with Crippen LogP contribution in [0.4, 0.5) is 5.69 Å². The van der Waals surface area contributed by atoms with Crippen molar-refractivity contribution in [3.8, 4) is 0 Å². The third-order valence-corrected chi connectivity index (χ3v) is 4.80. The lowest BCUT2D eigenvalue weighted by atomic mass is 10.1. The summed E-state index contributed by atoms with van der Waals surface area (Å²) in [5.41, 5.74) is 0.996. The summed E-state index contributed by atoms with van der Waals surface area (Å²) in [5, 5.41) is 7.81. The van der Waals surface area contributed by atoms with Crippen molar-refractivity contribution < 1.29 is 18.8 Å². The monoisotopic (exact) mass is 359 g/mol. The first-order valence-electron chi connectivity index (χ1n) is 7.72. The molecule has 0 spiro atoms. The molecule has 2 aromatic rings. The molecule has 1 atom stereocenters. The van der Waals surface area contributed by atoms with Crippen LogP contribution >= 0.6 is 11.8 Å². The Balaban J connectivity index is 1.54. The minimum absolute atomic E-state index is 0.0904. The molecular formula is C17H17N3O4S. The Bertz CT molecular complexity index is 804. The van der Waals surface area contributed by atoms with Crippen LogP contribution < -0.4 is 16.0 Å². The Labute approximate surface area is 148 Å². The van der Waals surface area contributed by atoms with Crippen LogP contribution in [0.5, 0.6) is 0 Å². The van der Waals surface area contributed by atoms with Gasteiger partial charge < -0.3 is 20.4 Å². The second-order valence-electron chi connectivity index (χ2n) is 5.50. The molecule has 3 amide bonds. The molecule has 25 heavy (non-hydrogen) atoms. The molecule has 130 valence electrons. The number of rotatable bonds is 5. The zero-order valence-electron chi connectivity index (χ0n) is 13.5. The molecule has 1 unspecified atom stereocenters. The number of furan rings is 1. The minimum atomic E-state index is -0.381. The molecule has 7 nitrogen and oxygen atoms in total. The van der Waals surface area contributed by atoms with Crippen molar-refractivity contribution in [3.63, 3.8) is 0 Å². The van der Waals surface area contributed by atoms with Gasteiger partial charge in [-0.05, 0) is 37.3 Å². The molecule has 8 heteroatoms. The van der Waals surface area contributed by atoms with E-state index in [0.717, 1.165) is 4.90 Å². The number of carbonyl (C=O) groups is 3. The van der Waals surface area contributed by atoms with E-state index in [2.05, 4.69) is 16.0 Å². The average molecular weight is 359 g/mol. The van der Waals surface area contributed by atoms with E-state index in [4.69, 9.17) is 4.42 Å². The van der Waals surface area contributed by atoms with Gasteiger partial charge in [0, 0.05) is 10.5 Å². The molecule has 0 fully saturated rings. The standard InChI is InChI=1S/C17H17N3O4S/c1-10-16(22)20-13-7-11(4-5-14(13)25-10)17(23)19-9-15(21)18-8-12-3-2-6-24-12/h2-7,10H,8-9H2,1H3,(H,18,21)(H,19,23)(H,20,22). The summed E-state index contributed by atoms with van der Waals surface area (Å²) in [6.07, 6.45) is 1.52. The quantitative estimate of drug-likeness (QED) is 0.755. The highest BCUT2D eigenvalue weighted by Crippen LogP contribution is 2.35. The third-order valence-electron chi connectivity index (χ3n) is 3.62. The third kappa shape index (κ3) is 4.21. The molecule has 0 saturated carbocycles. The van der Waals surface area contributed by atoms with Gasteiger partial charge in [0.05, 0.1) is 30.3 Å². The van der Waals surface area contributed by atoms with Gasteiger partial charge in [0.1, 0.15) is 5.76 Å². The maximum atomic E-state index is 12.2. The maximum Gasteiger partial charge on any atom is 0.251 e. The van der Waals surface area contributed by atoms with Gasteiger partial charge in [0.25, 0.3) is 5.91 Å². The second kappa shape index (κ2) is 7.43. The van der Waals surface area contributed by atoms with Gasteiger partial charge in [-0.2, -0.15) is 0 Å². The van der Waals surface area contributed by atoms with Crippen LogP contribution in [0.2, 0.25) is 0 Å². The fourth-order valence-electron chi connectivity index (χ4n) is 2.27. The van der Waals surface area contributed by atoms with E-state index < -0.39 is 0 Å². The van der Waals surface area contributed by atoms with Gasteiger partial charge in [-0.3, -0.25) is 14.4 Å². The van der Waals surface area contributed by atoms with Crippen molar-refractivity contribution in [1.29, 1.82) is 0 Å². The molecule has 0 radical (unpaired) electrons. The summed E-state index contributed by atoms with van der Waals surface area (Å²) < 4.78 is 5.11. The number of thioether (sulfide) groups is 1. The summed E-state index contributed by atoms with van der Waals surface area (Å²) in [7, 11) is 0. The predicted molar refractivity (Wildman–Crippen MR) is 93.3 cm³/mol. The second-order valence-corrected chi connectivity index (χ2v) is 6.88. The van der Waals surface area contributed by atoms with Crippen molar-refractivity contribution in [3.05, 3.63) is 47.9 Å². The number of benzene rings is 1. The number of hydrogen-bond donors (Lipinski definition) is 3. The number of nitrogens with one attached hydrogen (secondary N) is 3. The van der Waals surface area contributed by atoms with Crippen molar-refractivity contribution >= 4 is 35.2 Å². The molecule has 3 rings (SSSR count). The zero-order valence-corrected chi connectivity index (χ0v) is 14.3. The van der Waals surface area contributed by atoms with Crippen LogP contribution in [0.15, 0.2) is 45.9 Å². The van der Waals surface area contributed by atoms with Gasteiger partial charge in [-0.15, -0.1) is 11.8 Å². The molecule has 1 aliphatic heterocycles. The fourth-order valence-corrected chi connectivity index (χ4v) is 3.20. The summed E-state index contributed by atoms with van der Waals surface area (Å²) in [6, 6.07) is 8.56. The molecule has 1 aromatic heterocycles. The van der Waals surface area contributed by atoms with Gasteiger partial charge in [0.2, 0.25) is 11.8 Å². The largest absolute Gasteiger partial charge is 0.467 e. The Hall–Kier alpha value is -2.74. The number of hydrogen-bond acceptors (Lipinski definition) is 5. The van der Waals surface area contributed by atoms with E-state index in [1.807, 2.05) is 6.92 Å². The number of carbonyl (C=O) groups excluding carboxylic acids is 3. The van der Waals surface area contributed by atoms with Gasteiger partial charge >= 0.3 is 0 Å². The van der Waals surface area contributed by atoms with Crippen molar-refractivity contribution in [2.45, 2.75) is 23.6 Å². The maximum absolute atomic E-state index is 12.2. The molecule has 1 aromatic carbocycles. The molecular weight excluding hydrogens is 342 g/mol. The lowest BCUT2D eigenvalue weighted by molar-refractivity contribution is -0.120. The summed E-state index contributed by atoms with van der Waals surface area (Å²) in [5.74, 6) is -0.154. The smallest absolute Gasteiger partial charge is 0.251 e. The highest BCUT2D eigenvalue weighted by atomic mass is 32.2. The molecule has 1 aliphatic rings. The van der Waals surface area contributed by atoms with Crippen LogP contribution in [0.1, 0.15) is 23.0 Å². The van der Waals surface area contributed by atoms with Crippen LogP contribution in [0.25, 0.3) is 0 Å². The van der Waals surface area contributed by atoms with Gasteiger partial charge in [-0.25, -0.2) is 0 Å². The van der Waals surface area contributed by atoms with Crippen molar-refractivity contribution in [2.24, 2.45) is 0 Å². The van der Waals surface area contributed by atoms with E-state index in [0.29, 0.717) is 17.0 Å². The number of fused-ring (bicyclic) bond motifs is 1. The van der Waals surface area contributed by atoms with E-state index in [1.165, 1.54) is 18.0 Å². The van der Waals surface area contributed by atoms with E-state index in [-0.39, 0.29) is 36.1 Å². The van der Waals surface area contributed by atoms with E-state index in [9.17, 15) is 14.4 Å². The Morgan fingerprint density at radius 1 is 1.28 bits per heavy atom. The Morgan fingerprint density at radius 3 is 2.88 bits per heavy atom. The molecule has 0 saturated heterocycles. The lowest BCUT2D eigenvalue weighted by Gasteiger charge is -2.21. The fraction of sp³-hybridized carbons (Fsp3) is 0.235. The van der Waals surface area contributed by atoms with Crippen LogP contribution in [0, 0.1) is 0 Å². The average Bonchev–Trinajstić information content (AvgIpc) is 3.12. The lowest BCUT2D eigenvalue weighted by Crippen LogP contribution is -2.36. The number of anilines is 1. The van der Waals surface area contributed by atoms with Gasteiger partial charge in [-0.1, -0.05) is 0 Å².